The fourth-order valence-corrected chi connectivity index (χ4v) is 2.65. The molecule has 0 amide bonds. The highest BCUT2D eigenvalue weighted by Crippen LogP contribution is 2.28. The predicted molar refractivity (Wildman–Crippen MR) is 87.4 cm³/mol. The molecule has 0 aliphatic heterocycles. The number of rotatable bonds is 2. The van der Waals surface area contributed by atoms with Gasteiger partial charge in [-0.2, -0.15) is 0 Å². The Morgan fingerprint density at radius 2 is 1.60 bits per heavy atom. The number of hydrogen-bond donors (Lipinski definition) is 0. The molecule has 3 rings (SSSR count). The summed E-state index contributed by atoms with van der Waals surface area (Å²) in [6, 6.07) is 17.6. The summed E-state index contributed by atoms with van der Waals surface area (Å²) >= 11 is 0. The molecule has 0 aliphatic carbocycles. The van der Waals surface area contributed by atoms with Gasteiger partial charge in [-0.25, -0.2) is 0 Å². The minimum Gasteiger partial charge on any atom is -0.378 e. The molecule has 3 aromatic rings. The van der Waals surface area contributed by atoms with Gasteiger partial charge in [0.2, 0.25) is 0 Å². The number of aromatic nitrogens is 1. The van der Waals surface area contributed by atoms with Crippen LogP contribution < -0.4 is 4.90 Å². The van der Waals surface area contributed by atoms with Crippen LogP contribution in [0.5, 0.6) is 0 Å². The van der Waals surface area contributed by atoms with Crippen LogP contribution >= 0.6 is 0 Å². The van der Waals surface area contributed by atoms with Crippen LogP contribution in [0.3, 0.4) is 0 Å². The lowest BCUT2D eigenvalue weighted by molar-refractivity contribution is 0.977. The third kappa shape index (κ3) is 2.07. The highest BCUT2D eigenvalue weighted by molar-refractivity contribution is 5.87. The van der Waals surface area contributed by atoms with Crippen LogP contribution in [0.1, 0.15) is 5.56 Å². The van der Waals surface area contributed by atoms with E-state index in [1.807, 2.05) is 0 Å². The van der Waals surface area contributed by atoms with Gasteiger partial charge in [-0.3, -0.25) is 0 Å². The third-order valence-corrected chi connectivity index (χ3v) is 3.88. The number of fused-ring (bicyclic) bond motifs is 1. The predicted octanol–water partition coefficient (Wildman–Crippen LogP) is 4.22. The first-order valence-corrected chi connectivity index (χ1v) is 6.90. The maximum atomic E-state index is 2.27. The molecule has 102 valence electrons. The summed E-state index contributed by atoms with van der Waals surface area (Å²) in [6.07, 6.45) is 0. The lowest BCUT2D eigenvalue weighted by Crippen LogP contribution is -2.08. The van der Waals surface area contributed by atoms with E-state index in [1.54, 1.807) is 0 Å². The lowest BCUT2D eigenvalue weighted by Gasteiger charge is -2.13. The van der Waals surface area contributed by atoms with Gasteiger partial charge in [0.05, 0.1) is 0 Å². The van der Waals surface area contributed by atoms with Gasteiger partial charge < -0.3 is 9.47 Å². The molecule has 0 saturated heterocycles. The number of nitrogens with zero attached hydrogens (tertiary/aromatic N) is 2. The van der Waals surface area contributed by atoms with Crippen molar-refractivity contribution in [1.82, 2.24) is 4.57 Å². The summed E-state index contributed by atoms with van der Waals surface area (Å²) in [5, 5.41) is 1.30. The summed E-state index contributed by atoms with van der Waals surface area (Å²) in [4.78, 5) is 2.12. The van der Waals surface area contributed by atoms with Gasteiger partial charge in [-0.05, 0) is 42.3 Å². The zero-order valence-corrected chi connectivity index (χ0v) is 12.5. The summed E-state index contributed by atoms with van der Waals surface area (Å²) in [7, 11) is 6.26. The Balaban J connectivity index is 2.12. The van der Waals surface area contributed by atoms with Crippen LogP contribution in [0, 0.1) is 6.92 Å². The van der Waals surface area contributed by atoms with E-state index in [1.165, 1.54) is 33.4 Å². The van der Waals surface area contributed by atoms with Crippen molar-refractivity contribution in [2.45, 2.75) is 6.92 Å². The van der Waals surface area contributed by atoms with E-state index in [-0.39, 0.29) is 0 Å². The van der Waals surface area contributed by atoms with E-state index >= 15 is 0 Å². The van der Waals surface area contributed by atoms with Gasteiger partial charge in [0.15, 0.2) is 0 Å². The summed E-state index contributed by atoms with van der Waals surface area (Å²) in [6.45, 7) is 2.14. The molecule has 1 aromatic heterocycles. The van der Waals surface area contributed by atoms with Crippen LogP contribution in [0.2, 0.25) is 0 Å². The molecule has 1 heterocycles. The van der Waals surface area contributed by atoms with Crippen LogP contribution in [0.15, 0.2) is 48.5 Å². The Bertz CT molecular complexity index is 749. The quantitative estimate of drug-likeness (QED) is 0.673. The molecular weight excluding hydrogens is 244 g/mol. The van der Waals surface area contributed by atoms with Crippen LogP contribution in [0.25, 0.3) is 22.2 Å². The fraction of sp³-hybridized carbons (Fsp3) is 0.222. The molecule has 20 heavy (non-hydrogen) atoms. The molecule has 0 spiro atoms. The second-order valence-electron chi connectivity index (χ2n) is 5.59. The second kappa shape index (κ2) is 4.71. The van der Waals surface area contributed by atoms with E-state index in [4.69, 9.17) is 0 Å². The molecule has 0 bridgehead atoms. The molecule has 0 unspecified atom stereocenters. The molecule has 2 heteroatoms. The van der Waals surface area contributed by atoms with Crippen molar-refractivity contribution < 1.29 is 0 Å². The summed E-state index contributed by atoms with van der Waals surface area (Å²) in [5.74, 6) is 0. The molecule has 0 N–H and O–H groups in total. The smallest absolute Gasteiger partial charge is 0.0488 e. The number of anilines is 1. The minimum atomic E-state index is 1.23. The Kier molecular flexibility index (Phi) is 3.01. The van der Waals surface area contributed by atoms with E-state index in [0.717, 1.165) is 0 Å². The zero-order valence-electron chi connectivity index (χ0n) is 12.5. The van der Waals surface area contributed by atoms with Crippen LogP contribution in [-0.2, 0) is 7.05 Å². The van der Waals surface area contributed by atoms with Crippen molar-refractivity contribution in [2.75, 3.05) is 19.0 Å². The average molecular weight is 264 g/mol. The second-order valence-corrected chi connectivity index (χ2v) is 5.59. The summed E-state index contributed by atoms with van der Waals surface area (Å²) < 4.78 is 2.27. The highest BCUT2D eigenvalue weighted by atomic mass is 15.1. The van der Waals surface area contributed by atoms with Gasteiger partial charge in [0.1, 0.15) is 0 Å². The number of benzene rings is 2. The Labute approximate surface area is 120 Å². The largest absolute Gasteiger partial charge is 0.378 e. The average Bonchev–Trinajstić information content (AvgIpc) is 2.76. The molecule has 0 fully saturated rings. The molecule has 2 nitrogen and oxygen atoms in total. The monoisotopic (exact) mass is 264 g/mol. The lowest BCUT2D eigenvalue weighted by atomic mass is 10.1. The van der Waals surface area contributed by atoms with E-state index < -0.39 is 0 Å². The van der Waals surface area contributed by atoms with Crippen molar-refractivity contribution in [1.29, 1.82) is 0 Å². The molecule has 2 aromatic carbocycles. The minimum absolute atomic E-state index is 1.23. The third-order valence-electron chi connectivity index (χ3n) is 3.88. The van der Waals surface area contributed by atoms with E-state index in [0.29, 0.717) is 0 Å². The Hall–Kier alpha value is -2.22. The van der Waals surface area contributed by atoms with Crippen molar-refractivity contribution >= 4 is 16.6 Å². The topological polar surface area (TPSA) is 8.17 Å². The fourth-order valence-electron chi connectivity index (χ4n) is 2.65. The van der Waals surface area contributed by atoms with Gasteiger partial charge >= 0.3 is 0 Å². The standard InChI is InChI=1S/C18H20N2/c1-13-5-6-15-12-18(20(4)17(15)11-13)14-7-9-16(10-8-14)19(2)3/h5-12H,1-4H3. The zero-order chi connectivity index (χ0) is 14.3. The molecule has 0 radical (unpaired) electrons. The van der Waals surface area contributed by atoms with Crippen molar-refractivity contribution in [3.8, 4) is 11.3 Å². The van der Waals surface area contributed by atoms with E-state index in [9.17, 15) is 0 Å². The highest BCUT2D eigenvalue weighted by Gasteiger charge is 2.08. The van der Waals surface area contributed by atoms with Crippen LogP contribution in [0.4, 0.5) is 5.69 Å². The molecule has 0 aliphatic rings. The SMILES string of the molecule is Cc1ccc2cc(-c3ccc(N(C)C)cc3)n(C)c2c1. The first-order chi connectivity index (χ1) is 9.56. The number of aryl methyl sites for hydroxylation is 2. The van der Waals surface area contributed by atoms with Gasteiger partial charge in [0.25, 0.3) is 0 Å². The Morgan fingerprint density at radius 3 is 2.25 bits per heavy atom. The maximum absolute atomic E-state index is 2.27. The first-order valence-electron chi connectivity index (χ1n) is 6.90. The first kappa shape index (κ1) is 12.8. The molecule has 0 saturated carbocycles. The van der Waals surface area contributed by atoms with Crippen molar-refractivity contribution in [3.05, 3.63) is 54.1 Å². The van der Waals surface area contributed by atoms with Gasteiger partial charge in [-0.1, -0.05) is 24.3 Å². The van der Waals surface area contributed by atoms with Crippen LogP contribution in [-0.4, -0.2) is 18.7 Å². The molecular formula is C18H20N2. The Morgan fingerprint density at radius 1 is 0.900 bits per heavy atom. The normalized spacial score (nSPS) is 11.0. The maximum Gasteiger partial charge on any atom is 0.0488 e. The van der Waals surface area contributed by atoms with Crippen molar-refractivity contribution in [2.24, 2.45) is 7.05 Å². The van der Waals surface area contributed by atoms with Gasteiger partial charge in [-0.15, -0.1) is 0 Å². The van der Waals surface area contributed by atoms with Crippen molar-refractivity contribution in [3.63, 3.8) is 0 Å². The summed E-state index contributed by atoms with van der Waals surface area (Å²) in [5.41, 5.74) is 6.33. The number of hydrogen-bond acceptors (Lipinski definition) is 1. The van der Waals surface area contributed by atoms with E-state index in [2.05, 4.69) is 86.1 Å². The van der Waals surface area contributed by atoms with Gasteiger partial charge in [0, 0.05) is 43.4 Å². The molecule has 0 atom stereocenters.